The van der Waals surface area contributed by atoms with Crippen LogP contribution in [0.3, 0.4) is 0 Å². The maximum Gasteiger partial charge on any atom is 0.219 e. The second-order valence-electron chi connectivity index (χ2n) is 7.47. The number of benzene rings is 1. The Kier molecular flexibility index (Phi) is 6.55. The van der Waals surface area contributed by atoms with E-state index in [1.54, 1.807) is 6.92 Å². The first kappa shape index (κ1) is 19.9. The van der Waals surface area contributed by atoms with Crippen molar-refractivity contribution in [1.82, 2.24) is 20.0 Å². The molecule has 27 heavy (non-hydrogen) atoms. The summed E-state index contributed by atoms with van der Waals surface area (Å²) >= 11 is 6.16. The highest BCUT2D eigenvalue weighted by atomic mass is 35.5. The Labute approximate surface area is 166 Å². The van der Waals surface area contributed by atoms with Crippen LogP contribution in [0.4, 0.5) is 0 Å². The molecule has 0 aliphatic carbocycles. The summed E-state index contributed by atoms with van der Waals surface area (Å²) in [7, 11) is 0. The first-order valence-corrected chi connectivity index (χ1v) is 10.1. The van der Waals surface area contributed by atoms with Gasteiger partial charge in [-0.05, 0) is 56.9 Å². The highest BCUT2D eigenvalue weighted by Crippen LogP contribution is 2.23. The van der Waals surface area contributed by atoms with Crippen LogP contribution in [0, 0.1) is 13.8 Å². The lowest BCUT2D eigenvalue weighted by Crippen LogP contribution is -2.56. The number of aromatic nitrogens is 2. The molecule has 3 rings (SSSR count). The standard InChI is InChI=1S/C21H29ClN4O/c1-15-12-16(2)26(24-15)11-9-23-20-8-5-10-25(17(3)27)21(20)14-18-6-4-7-19(22)13-18/h4,6-7,12-13,20-21,23H,5,8-11,14H2,1-3H3/t20-,21-/m0/s1. The highest BCUT2D eigenvalue weighted by molar-refractivity contribution is 6.30. The molecule has 5 nitrogen and oxygen atoms in total. The molecular weight excluding hydrogens is 360 g/mol. The van der Waals surface area contributed by atoms with Gasteiger partial charge in [0.05, 0.1) is 18.3 Å². The lowest BCUT2D eigenvalue weighted by Gasteiger charge is -2.41. The third-order valence-electron chi connectivity index (χ3n) is 5.35. The Morgan fingerprint density at radius 3 is 2.81 bits per heavy atom. The van der Waals surface area contributed by atoms with Gasteiger partial charge in [0.1, 0.15) is 0 Å². The summed E-state index contributed by atoms with van der Waals surface area (Å²) in [6, 6.07) is 10.5. The third kappa shape index (κ3) is 5.11. The Balaban J connectivity index is 1.68. The van der Waals surface area contributed by atoms with E-state index in [-0.39, 0.29) is 18.0 Å². The Morgan fingerprint density at radius 2 is 2.15 bits per heavy atom. The van der Waals surface area contributed by atoms with Crippen molar-refractivity contribution >= 4 is 17.5 Å². The van der Waals surface area contributed by atoms with Crippen molar-refractivity contribution in [3.63, 3.8) is 0 Å². The summed E-state index contributed by atoms with van der Waals surface area (Å²) in [5, 5.41) is 8.96. The van der Waals surface area contributed by atoms with Crippen molar-refractivity contribution in [3.8, 4) is 0 Å². The minimum atomic E-state index is 0.145. The molecule has 0 bridgehead atoms. The summed E-state index contributed by atoms with van der Waals surface area (Å²) in [4.78, 5) is 14.2. The van der Waals surface area contributed by atoms with E-state index in [1.807, 2.05) is 34.7 Å². The molecule has 2 heterocycles. The number of hydrogen-bond donors (Lipinski definition) is 1. The molecule has 0 spiro atoms. The maximum atomic E-state index is 12.2. The van der Waals surface area contributed by atoms with Crippen molar-refractivity contribution < 1.29 is 4.79 Å². The molecule has 1 fully saturated rings. The molecule has 6 heteroatoms. The lowest BCUT2D eigenvalue weighted by molar-refractivity contribution is -0.133. The number of hydrogen-bond acceptors (Lipinski definition) is 3. The Morgan fingerprint density at radius 1 is 1.33 bits per heavy atom. The molecule has 1 saturated heterocycles. The van der Waals surface area contributed by atoms with Crippen LogP contribution < -0.4 is 5.32 Å². The zero-order valence-electron chi connectivity index (χ0n) is 16.4. The van der Waals surface area contributed by atoms with E-state index >= 15 is 0 Å². The van der Waals surface area contributed by atoms with Crippen molar-refractivity contribution in [2.45, 2.75) is 58.7 Å². The van der Waals surface area contributed by atoms with Crippen LogP contribution in [0.25, 0.3) is 0 Å². The Hall–Kier alpha value is -1.85. The van der Waals surface area contributed by atoms with Crippen LogP contribution in [0.1, 0.15) is 36.7 Å². The van der Waals surface area contributed by atoms with Gasteiger partial charge in [0, 0.05) is 36.8 Å². The van der Waals surface area contributed by atoms with Crippen molar-refractivity contribution in [2.24, 2.45) is 0 Å². The number of nitrogens with one attached hydrogen (secondary N) is 1. The number of halogens is 1. The van der Waals surface area contributed by atoms with Gasteiger partial charge in [-0.3, -0.25) is 9.48 Å². The number of amides is 1. The molecule has 1 aliphatic rings. The predicted octanol–water partition coefficient (Wildman–Crippen LogP) is 3.37. The van der Waals surface area contributed by atoms with E-state index in [2.05, 4.69) is 29.5 Å². The van der Waals surface area contributed by atoms with E-state index in [0.29, 0.717) is 0 Å². The van der Waals surface area contributed by atoms with Crippen molar-refractivity contribution in [2.75, 3.05) is 13.1 Å². The number of aryl methyl sites for hydroxylation is 2. The van der Waals surface area contributed by atoms with Gasteiger partial charge >= 0.3 is 0 Å². The molecule has 1 aromatic heterocycles. The van der Waals surface area contributed by atoms with Gasteiger partial charge in [-0.1, -0.05) is 23.7 Å². The van der Waals surface area contributed by atoms with Crippen LogP contribution in [-0.2, 0) is 17.8 Å². The molecule has 0 radical (unpaired) electrons. The van der Waals surface area contributed by atoms with E-state index < -0.39 is 0 Å². The molecule has 2 atom stereocenters. The van der Waals surface area contributed by atoms with E-state index in [0.717, 1.165) is 49.6 Å². The topological polar surface area (TPSA) is 50.2 Å². The predicted molar refractivity (Wildman–Crippen MR) is 109 cm³/mol. The molecular formula is C21H29ClN4O. The summed E-state index contributed by atoms with van der Waals surface area (Å²) in [5.41, 5.74) is 3.40. The largest absolute Gasteiger partial charge is 0.338 e. The lowest BCUT2D eigenvalue weighted by atomic mass is 9.90. The van der Waals surface area contributed by atoms with Crippen LogP contribution >= 0.6 is 11.6 Å². The number of carbonyl (C=O) groups is 1. The first-order valence-electron chi connectivity index (χ1n) is 9.70. The zero-order valence-corrected chi connectivity index (χ0v) is 17.2. The average molecular weight is 389 g/mol. The molecule has 0 saturated carbocycles. The SMILES string of the molecule is CC(=O)N1CCC[C@H](NCCn2nc(C)cc2C)[C@@H]1Cc1cccc(Cl)c1. The van der Waals surface area contributed by atoms with Gasteiger partial charge in [-0.2, -0.15) is 5.10 Å². The number of carbonyl (C=O) groups excluding carboxylic acids is 1. The number of likely N-dealkylation sites (tertiary alicyclic amines) is 1. The average Bonchev–Trinajstić information content (AvgIpc) is 2.93. The number of piperidine rings is 1. The summed E-state index contributed by atoms with van der Waals surface area (Å²) in [5.74, 6) is 0.145. The van der Waals surface area contributed by atoms with Gasteiger partial charge in [-0.15, -0.1) is 0 Å². The molecule has 0 unspecified atom stereocenters. The quantitative estimate of drug-likeness (QED) is 0.825. The molecule has 1 aliphatic heterocycles. The van der Waals surface area contributed by atoms with E-state index in [4.69, 9.17) is 11.6 Å². The monoisotopic (exact) mass is 388 g/mol. The second-order valence-corrected chi connectivity index (χ2v) is 7.90. The minimum Gasteiger partial charge on any atom is -0.338 e. The number of nitrogens with zero attached hydrogens (tertiary/aromatic N) is 3. The zero-order chi connectivity index (χ0) is 19.4. The van der Waals surface area contributed by atoms with Crippen LogP contribution in [0.5, 0.6) is 0 Å². The van der Waals surface area contributed by atoms with E-state index in [1.165, 1.54) is 11.3 Å². The normalized spacial score (nSPS) is 20.1. The molecule has 1 amide bonds. The molecule has 1 aromatic carbocycles. The fourth-order valence-electron chi connectivity index (χ4n) is 4.10. The maximum absolute atomic E-state index is 12.2. The second kappa shape index (κ2) is 8.89. The molecule has 1 N–H and O–H groups in total. The first-order chi connectivity index (χ1) is 12.9. The van der Waals surface area contributed by atoms with E-state index in [9.17, 15) is 4.79 Å². The summed E-state index contributed by atoms with van der Waals surface area (Å²) < 4.78 is 2.04. The fourth-order valence-corrected chi connectivity index (χ4v) is 4.31. The van der Waals surface area contributed by atoms with Crippen molar-refractivity contribution in [1.29, 1.82) is 0 Å². The van der Waals surface area contributed by atoms with Crippen LogP contribution in [-0.4, -0.2) is 45.8 Å². The molecule has 2 aromatic rings. The Bertz CT molecular complexity index is 788. The summed E-state index contributed by atoms with van der Waals surface area (Å²) in [6.45, 7) is 8.27. The van der Waals surface area contributed by atoms with Gasteiger partial charge < -0.3 is 10.2 Å². The number of rotatable bonds is 6. The van der Waals surface area contributed by atoms with Gasteiger partial charge in [0.2, 0.25) is 5.91 Å². The molecule has 146 valence electrons. The van der Waals surface area contributed by atoms with Gasteiger partial charge in [0.25, 0.3) is 0 Å². The van der Waals surface area contributed by atoms with Gasteiger partial charge in [0.15, 0.2) is 0 Å². The highest BCUT2D eigenvalue weighted by Gasteiger charge is 2.32. The van der Waals surface area contributed by atoms with Crippen molar-refractivity contribution in [3.05, 3.63) is 52.3 Å². The fraction of sp³-hybridized carbons (Fsp3) is 0.524. The minimum absolute atomic E-state index is 0.145. The van der Waals surface area contributed by atoms with Crippen LogP contribution in [0.15, 0.2) is 30.3 Å². The summed E-state index contributed by atoms with van der Waals surface area (Å²) in [6.07, 6.45) is 2.92. The van der Waals surface area contributed by atoms with Crippen LogP contribution in [0.2, 0.25) is 5.02 Å². The third-order valence-corrected chi connectivity index (χ3v) is 5.59. The smallest absolute Gasteiger partial charge is 0.219 e. The van der Waals surface area contributed by atoms with Gasteiger partial charge in [-0.25, -0.2) is 0 Å².